The molecule has 3 amide bonds. The van der Waals surface area contributed by atoms with Crippen LogP contribution in [0.25, 0.3) is 0 Å². The fourth-order valence-electron chi connectivity index (χ4n) is 4.89. The summed E-state index contributed by atoms with van der Waals surface area (Å²) in [6.45, 7) is 4.13. The van der Waals surface area contributed by atoms with Crippen LogP contribution in [-0.2, 0) is 19.9 Å². The minimum atomic E-state index is -1.18. The first-order valence-corrected chi connectivity index (χ1v) is 10.5. The SMILES string of the molecule is C=CCN1C(=O)[C@@]2(N[C@H](CCSC)[C@H]3C(=O)N(C)C(=O)[C@H]32)c2ccccc21. The lowest BCUT2D eigenvalue weighted by Gasteiger charge is -2.30. The van der Waals surface area contributed by atoms with E-state index in [-0.39, 0.29) is 23.8 Å². The van der Waals surface area contributed by atoms with Crippen LogP contribution in [0.15, 0.2) is 36.9 Å². The maximum absolute atomic E-state index is 13.6. The molecule has 0 bridgehead atoms. The van der Waals surface area contributed by atoms with Crippen molar-refractivity contribution in [1.82, 2.24) is 10.2 Å². The largest absolute Gasteiger partial charge is 0.306 e. The van der Waals surface area contributed by atoms with Crippen molar-refractivity contribution in [3.63, 3.8) is 0 Å². The van der Waals surface area contributed by atoms with Gasteiger partial charge in [-0.1, -0.05) is 24.3 Å². The molecule has 2 saturated heterocycles. The third-order valence-corrected chi connectivity index (χ3v) is 6.68. The van der Waals surface area contributed by atoms with Crippen molar-refractivity contribution in [2.75, 3.05) is 30.5 Å². The van der Waals surface area contributed by atoms with E-state index in [1.165, 1.54) is 11.9 Å². The van der Waals surface area contributed by atoms with E-state index >= 15 is 0 Å². The average molecular weight is 385 g/mol. The van der Waals surface area contributed by atoms with Gasteiger partial charge in [-0.2, -0.15) is 11.8 Å². The molecule has 27 heavy (non-hydrogen) atoms. The topological polar surface area (TPSA) is 69.7 Å². The van der Waals surface area contributed by atoms with Gasteiger partial charge in [0.25, 0.3) is 5.91 Å². The summed E-state index contributed by atoms with van der Waals surface area (Å²) in [7, 11) is 1.52. The van der Waals surface area contributed by atoms with E-state index in [0.717, 1.165) is 23.4 Å². The molecule has 4 rings (SSSR count). The Hall–Kier alpha value is -2.12. The van der Waals surface area contributed by atoms with Gasteiger partial charge >= 0.3 is 0 Å². The van der Waals surface area contributed by atoms with Crippen LogP contribution < -0.4 is 10.2 Å². The second-order valence-electron chi connectivity index (χ2n) is 7.30. The predicted molar refractivity (Wildman–Crippen MR) is 105 cm³/mol. The first-order chi connectivity index (χ1) is 13.0. The Morgan fingerprint density at radius 3 is 2.70 bits per heavy atom. The Labute approximate surface area is 163 Å². The molecule has 4 atom stereocenters. The van der Waals surface area contributed by atoms with E-state index in [1.807, 2.05) is 30.5 Å². The van der Waals surface area contributed by atoms with E-state index in [1.54, 1.807) is 22.7 Å². The van der Waals surface area contributed by atoms with Crippen molar-refractivity contribution in [3.8, 4) is 0 Å². The van der Waals surface area contributed by atoms with E-state index in [9.17, 15) is 14.4 Å². The molecule has 1 N–H and O–H groups in total. The molecular formula is C20H23N3O3S. The third-order valence-electron chi connectivity index (χ3n) is 6.03. The van der Waals surface area contributed by atoms with Crippen LogP contribution in [0, 0.1) is 11.8 Å². The van der Waals surface area contributed by atoms with Crippen LogP contribution in [0.3, 0.4) is 0 Å². The quantitative estimate of drug-likeness (QED) is 0.612. The van der Waals surface area contributed by atoms with Gasteiger partial charge in [0.2, 0.25) is 11.8 Å². The summed E-state index contributed by atoms with van der Waals surface area (Å²) in [6.07, 6.45) is 4.42. The number of nitrogens with zero attached hydrogens (tertiary/aromatic N) is 2. The summed E-state index contributed by atoms with van der Waals surface area (Å²) >= 11 is 1.69. The maximum Gasteiger partial charge on any atom is 0.253 e. The fourth-order valence-corrected chi connectivity index (χ4v) is 5.38. The zero-order chi connectivity index (χ0) is 19.3. The Kier molecular flexibility index (Phi) is 4.39. The molecule has 3 aliphatic rings. The second-order valence-corrected chi connectivity index (χ2v) is 8.29. The molecule has 142 valence electrons. The highest BCUT2D eigenvalue weighted by atomic mass is 32.2. The number of carbonyl (C=O) groups is 3. The Bertz CT molecular complexity index is 842. The number of hydrogen-bond acceptors (Lipinski definition) is 5. The number of benzene rings is 1. The van der Waals surface area contributed by atoms with Crippen LogP contribution >= 0.6 is 11.8 Å². The Morgan fingerprint density at radius 2 is 2.00 bits per heavy atom. The summed E-state index contributed by atoms with van der Waals surface area (Å²) in [5, 5.41) is 3.47. The molecule has 3 aliphatic heterocycles. The molecule has 0 unspecified atom stereocenters. The van der Waals surface area contributed by atoms with Crippen LogP contribution in [0.2, 0.25) is 0 Å². The van der Waals surface area contributed by atoms with E-state index < -0.39 is 17.4 Å². The van der Waals surface area contributed by atoms with Gasteiger partial charge in [-0.05, 0) is 24.5 Å². The van der Waals surface area contributed by atoms with Crippen molar-refractivity contribution in [2.24, 2.45) is 11.8 Å². The fraction of sp³-hybridized carbons (Fsp3) is 0.450. The molecule has 0 saturated carbocycles. The molecule has 6 nitrogen and oxygen atoms in total. The second kappa shape index (κ2) is 6.49. The molecule has 1 aromatic rings. The van der Waals surface area contributed by atoms with Crippen LogP contribution in [-0.4, -0.2) is 54.3 Å². The predicted octanol–water partition coefficient (Wildman–Crippen LogP) is 1.37. The number of fused-ring (bicyclic) bond motifs is 4. The third kappa shape index (κ3) is 2.28. The van der Waals surface area contributed by atoms with Gasteiger partial charge in [0.15, 0.2) is 0 Å². The number of thioether (sulfide) groups is 1. The van der Waals surface area contributed by atoms with Crippen molar-refractivity contribution in [1.29, 1.82) is 0 Å². The van der Waals surface area contributed by atoms with E-state index in [2.05, 4.69) is 11.9 Å². The van der Waals surface area contributed by atoms with Gasteiger partial charge in [-0.25, -0.2) is 0 Å². The maximum atomic E-state index is 13.6. The average Bonchev–Trinajstić information content (AvgIpc) is 3.22. The molecular weight excluding hydrogens is 362 g/mol. The zero-order valence-corrected chi connectivity index (χ0v) is 16.3. The van der Waals surface area contributed by atoms with Crippen LogP contribution in [0.1, 0.15) is 12.0 Å². The van der Waals surface area contributed by atoms with Crippen LogP contribution in [0.4, 0.5) is 5.69 Å². The zero-order valence-electron chi connectivity index (χ0n) is 15.5. The minimum Gasteiger partial charge on any atom is -0.306 e. The van der Waals surface area contributed by atoms with E-state index in [4.69, 9.17) is 0 Å². The summed E-state index contributed by atoms with van der Waals surface area (Å²) in [6, 6.07) is 7.34. The molecule has 1 aromatic carbocycles. The molecule has 0 radical (unpaired) electrons. The summed E-state index contributed by atoms with van der Waals surface area (Å²) in [4.78, 5) is 42.4. The molecule has 0 aromatic heterocycles. The van der Waals surface area contributed by atoms with Gasteiger partial charge in [0.1, 0.15) is 5.54 Å². The summed E-state index contributed by atoms with van der Waals surface area (Å²) < 4.78 is 0. The Morgan fingerprint density at radius 1 is 1.26 bits per heavy atom. The molecule has 0 aliphatic carbocycles. The summed E-state index contributed by atoms with van der Waals surface area (Å²) in [5.74, 6) is -0.975. The number of nitrogens with one attached hydrogen (secondary N) is 1. The van der Waals surface area contributed by atoms with Gasteiger partial charge in [0.05, 0.1) is 11.8 Å². The van der Waals surface area contributed by atoms with Gasteiger partial charge in [0, 0.05) is 30.9 Å². The lowest BCUT2D eigenvalue weighted by molar-refractivity contribution is -0.141. The number of para-hydroxylation sites is 1. The monoisotopic (exact) mass is 385 g/mol. The minimum absolute atomic E-state index is 0.165. The number of likely N-dealkylation sites (tertiary alicyclic amines) is 1. The van der Waals surface area contributed by atoms with Crippen molar-refractivity contribution >= 4 is 35.2 Å². The smallest absolute Gasteiger partial charge is 0.253 e. The highest BCUT2D eigenvalue weighted by Gasteiger charge is 2.70. The number of hydrogen-bond donors (Lipinski definition) is 1. The van der Waals surface area contributed by atoms with Gasteiger partial charge < -0.3 is 4.90 Å². The first-order valence-electron chi connectivity index (χ1n) is 9.09. The number of amides is 3. The molecule has 2 fully saturated rings. The van der Waals surface area contributed by atoms with Crippen molar-refractivity contribution in [2.45, 2.75) is 18.0 Å². The van der Waals surface area contributed by atoms with Crippen LogP contribution in [0.5, 0.6) is 0 Å². The van der Waals surface area contributed by atoms with Crippen molar-refractivity contribution in [3.05, 3.63) is 42.5 Å². The molecule has 3 heterocycles. The van der Waals surface area contributed by atoms with Gasteiger partial charge in [-0.3, -0.25) is 24.6 Å². The normalized spacial score (nSPS) is 31.8. The van der Waals surface area contributed by atoms with E-state index in [0.29, 0.717) is 6.54 Å². The lowest BCUT2D eigenvalue weighted by Crippen LogP contribution is -2.55. The number of imide groups is 1. The van der Waals surface area contributed by atoms with Crippen molar-refractivity contribution < 1.29 is 14.4 Å². The standard InChI is InChI=1S/C20H23N3O3S/c1-4-10-23-14-8-6-5-7-12(14)20(19(23)26)16-15(13(21-20)9-11-27-3)17(24)22(2)18(16)25/h4-8,13,15-16,21H,1,9-11H2,2-3H3/t13-,15-,16+,20-/m1/s1. The summed E-state index contributed by atoms with van der Waals surface area (Å²) in [5.41, 5.74) is 0.397. The van der Waals surface area contributed by atoms with Gasteiger partial charge in [-0.15, -0.1) is 6.58 Å². The number of anilines is 1. The number of carbonyl (C=O) groups excluding carboxylic acids is 3. The molecule has 1 spiro atoms. The lowest BCUT2D eigenvalue weighted by atomic mass is 9.76. The Balaban J connectivity index is 1.88. The highest BCUT2D eigenvalue weighted by molar-refractivity contribution is 7.98. The molecule has 7 heteroatoms. The first kappa shape index (κ1) is 18.3. The highest BCUT2D eigenvalue weighted by Crippen LogP contribution is 2.54. The number of rotatable bonds is 5.